The van der Waals surface area contributed by atoms with E-state index in [1.165, 1.54) is 0 Å². The van der Waals surface area contributed by atoms with Gasteiger partial charge in [0.05, 0.1) is 36.6 Å². The van der Waals surface area contributed by atoms with Crippen molar-refractivity contribution < 1.29 is 9.47 Å². The molecule has 0 spiro atoms. The van der Waals surface area contributed by atoms with Crippen molar-refractivity contribution in [3.8, 4) is 6.07 Å². The third kappa shape index (κ3) is 3.53. The fourth-order valence-corrected chi connectivity index (χ4v) is 4.46. The lowest BCUT2D eigenvalue weighted by Crippen LogP contribution is -2.37. The number of hydrogen-bond donors (Lipinski definition) is 0. The van der Waals surface area contributed by atoms with E-state index in [1.54, 1.807) is 26.5 Å². The van der Waals surface area contributed by atoms with Gasteiger partial charge in [-0.15, -0.1) is 5.10 Å². The number of aromatic nitrogens is 4. The average molecular weight is 368 g/mol. The van der Waals surface area contributed by atoms with Crippen molar-refractivity contribution in [1.82, 2.24) is 20.0 Å². The molecule has 3 heterocycles. The van der Waals surface area contributed by atoms with E-state index in [2.05, 4.69) is 26.3 Å². The molecule has 142 valence electrons. The Morgan fingerprint density at radius 2 is 2.07 bits per heavy atom. The van der Waals surface area contributed by atoms with E-state index in [0.29, 0.717) is 24.0 Å². The van der Waals surface area contributed by atoms with Gasteiger partial charge in [0.15, 0.2) is 0 Å². The van der Waals surface area contributed by atoms with Crippen LogP contribution in [0, 0.1) is 23.2 Å². The zero-order valence-electron chi connectivity index (χ0n) is 15.7. The van der Waals surface area contributed by atoms with Crippen LogP contribution in [0.1, 0.15) is 30.1 Å². The standard InChI is InChI=1S/C19H24N6O2/c1-26-12-16-11-25(23-22-16)17-6-14-9-24(10-15(14)7-18(17)27-2)19-5-13(8-20)3-4-21-19/h3-5,11,14-15,17-18H,6-7,9-10,12H2,1-2H3/t14-,15+,17-,18-/m1/s1. The number of anilines is 1. The van der Waals surface area contributed by atoms with Gasteiger partial charge in [-0.1, -0.05) is 5.21 Å². The quantitative estimate of drug-likeness (QED) is 0.795. The predicted octanol–water partition coefficient (Wildman–Crippen LogP) is 1.79. The SMILES string of the molecule is COCc1cn([C@@H]2C[C@@H]3CN(c4cc(C#N)ccn4)C[C@@H]3C[C@H]2OC)nn1. The highest BCUT2D eigenvalue weighted by Crippen LogP contribution is 2.43. The molecule has 0 aromatic carbocycles. The molecule has 27 heavy (non-hydrogen) atoms. The molecule has 1 saturated carbocycles. The second-order valence-corrected chi connectivity index (χ2v) is 7.38. The minimum absolute atomic E-state index is 0.113. The minimum atomic E-state index is 0.113. The molecule has 0 radical (unpaired) electrons. The first-order valence-corrected chi connectivity index (χ1v) is 9.25. The molecule has 1 saturated heterocycles. The molecule has 2 aromatic heterocycles. The summed E-state index contributed by atoms with van der Waals surface area (Å²) in [4.78, 5) is 6.76. The summed E-state index contributed by atoms with van der Waals surface area (Å²) in [6.45, 7) is 2.36. The summed E-state index contributed by atoms with van der Waals surface area (Å²) in [5.74, 6) is 1.99. The van der Waals surface area contributed by atoms with E-state index in [4.69, 9.17) is 14.7 Å². The first-order valence-electron chi connectivity index (χ1n) is 9.25. The molecule has 4 rings (SSSR count). The van der Waals surface area contributed by atoms with Gasteiger partial charge >= 0.3 is 0 Å². The average Bonchev–Trinajstić information content (AvgIpc) is 3.33. The molecule has 0 amide bonds. The van der Waals surface area contributed by atoms with Crippen LogP contribution >= 0.6 is 0 Å². The van der Waals surface area contributed by atoms with E-state index in [1.807, 2.05) is 16.9 Å². The van der Waals surface area contributed by atoms with Crippen LogP contribution in [0.5, 0.6) is 0 Å². The number of rotatable bonds is 5. The fourth-order valence-electron chi connectivity index (χ4n) is 4.46. The Kier molecular flexibility index (Phi) is 5.05. The summed E-state index contributed by atoms with van der Waals surface area (Å²) in [5.41, 5.74) is 1.48. The number of pyridine rings is 1. The van der Waals surface area contributed by atoms with Crippen LogP contribution in [0.15, 0.2) is 24.5 Å². The molecular formula is C19H24N6O2. The molecule has 8 heteroatoms. The van der Waals surface area contributed by atoms with Crippen molar-refractivity contribution in [3.63, 3.8) is 0 Å². The van der Waals surface area contributed by atoms with Gasteiger partial charge in [0.2, 0.25) is 0 Å². The van der Waals surface area contributed by atoms with Crippen molar-refractivity contribution in [3.05, 3.63) is 35.8 Å². The molecule has 2 fully saturated rings. The Hall–Kier alpha value is -2.50. The van der Waals surface area contributed by atoms with Crippen LogP contribution in [0.25, 0.3) is 0 Å². The Balaban J connectivity index is 1.51. The molecule has 0 N–H and O–H groups in total. The topological polar surface area (TPSA) is 89.1 Å². The molecule has 4 atom stereocenters. The molecule has 8 nitrogen and oxygen atoms in total. The summed E-state index contributed by atoms with van der Waals surface area (Å²) in [6, 6.07) is 5.98. The highest BCUT2D eigenvalue weighted by atomic mass is 16.5. The maximum atomic E-state index is 9.14. The van der Waals surface area contributed by atoms with Crippen molar-refractivity contribution in [2.24, 2.45) is 11.8 Å². The van der Waals surface area contributed by atoms with Gasteiger partial charge in [-0.2, -0.15) is 5.26 Å². The van der Waals surface area contributed by atoms with Gasteiger partial charge in [-0.25, -0.2) is 9.67 Å². The Bertz CT molecular complexity index is 832. The first kappa shape index (κ1) is 17.9. The molecular weight excluding hydrogens is 344 g/mol. The first-order chi connectivity index (χ1) is 13.2. The molecule has 2 aromatic rings. The van der Waals surface area contributed by atoms with E-state index in [-0.39, 0.29) is 12.1 Å². The largest absolute Gasteiger partial charge is 0.379 e. The Morgan fingerprint density at radius 1 is 1.26 bits per heavy atom. The highest BCUT2D eigenvalue weighted by Gasteiger charge is 2.43. The van der Waals surface area contributed by atoms with Crippen LogP contribution in [0.3, 0.4) is 0 Å². The Labute approximate surface area is 158 Å². The predicted molar refractivity (Wildman–Crippen MR) is 97.9 cm³/mol. The number of nitrogens with zero attached hydrogens (tertiary/aromatic N) is 6. The van der Waals surface area contributed by atoms with Crippen LogP contribution in [0.4, 0.5) is 5.82 Å². The summed E-state index contributed by atoms with van der Waals surface area (Å²) in [5, 5.41) is 17.7. The number of methoxy groups -OCH3 is 2. The van der Waals surface area contributed by atoms with Gasteiger partial charge in [0, 0.05) is 33.5 Å². The summed E-state index contributed by atoms with van der Waals surface area (Å²) < 4.78 is 12.9. The normalized spacial score (nSPS) is 27.4. The third-order valence-corrected chi connectivity index (χ3v) is 5.78. The van der Waals surface area contributed by atoms with Crippen LogP contribution < -0.4 is 4.90 Å². The molecule has 1 aliphatic carbocycles. The van der Waals surface area contributed by atoms with E-state index < -0.39 is 0 Å². The van der Waals surface area contributed by atoms with E-state index in [9.17, 15) is 0 Å². The zero-order valence-corrected chi connectivity index (χ0v) is 15.7. The van der Waals surface area contributed by atoms with Gasteiger partial charge in [0.1, 0.15) is 11.5 Å². The summed E-state index contributed by atoms with van der Waals surface area (Å²) >= 11 is 0. The molecule has 0 bridgehead atoms. The zero-order chi connectivity index (χ0) is 18.8. The van der Waals surface area contributed by atoms with E-state index >= 15 is 0 Å². The lowest BCUT2D eigenvalue weighted by atomic mass is 9.77. The maximum Gasteiger partial charge on any atom is 0.129 e. The van der Waals surface area contributed by atoms with E-state index in [0.717, 1.165) is 37.4 Å². The van der Waals surface area contributed by atoms with Crippen molar-refractivity contribution >= 4 is 5.82 Å². The van der Waals surface area contributed by atoms with Crippen molar-refractivity contribution in [2.45, 2.75) is 31.6 Å². The third-order valence-electron chi connectivity index (χ3n) is 5.78. The van der Waals surface area contributed by atoms with Crippen molar-refractivity contribution in [1.29, 1.82) is 5.26 Å². The smallest absolute Gasteiger partial charge is 0.129 e. The second kappa shape index (κ2) is 7.62. The van der Waals surface area contributed by atoms with Crippen LogP contribution in [-0.4, -0.2) is 53.4 Å². The molecule has 2 aliphatic rings. The number of hydrogen-bond acceptors (Lipinski definition) is 7. The second-order valence-electron chi connectivity index (χ2n) is 7.38. The van der Waals surface area contributed by atoms with Gasteiger partial charge in [0.25, 0.3) is 0 Å². The lowest BCUT2D eigenvalue weighted by Gasteiger charge is -2.36. The van der Waals surface area contributed by atoms with Gasteiger partial charge < -0.3 is 14.4 Å². The number of ether oxygens (including phenoxy) is 2. The maximum absolute atomic E-state index is 9.14. The summed E-state index contributed by atoms with van der Waals surface area (Å²) in [6.07, 6.45) is 5.77. The van der Waals surface area contributed by atoms with Crippen molar-refractivity contribution in [2.75, 3.05) is 32.2 Å². The molecule has 1 aliphatic heterocycles. The minimum Gasteiger partial charge on any atom is -0.379 e. The summed E-state index contributed by atoms with van der Waals surface area (Å²) in [7, 11) is 3.43. The van der Waals surface area contributed by atoms with Crippen LogP contribution in [0.2, 0.25) is 0 Å². The lowest BCUT2D eigenvalue weighted by molar-refractivity contribution is -0.00544. The Morgan fingerprint density at radius 3 is 2.81 bits per heavy atom. The molecule has 0 unspecified atom stereocenters. The number of nitriles is 1. The fraction of sp³-hybridized carbons (Fsp3) is 0.579. The monoisotopic (exact) mass is 368 g/mol. The van der Waals surface area contributed by atoms with Gasteiger partial charge in [-0.3, -0.25) is 0 Å². The highest BCUT2D eigenvalue weighted by molar-refractivity contribution is 5.46. The van der Waals surface area contributed by atoms with Gasteiger partial charge in [-0.05, 0) is 36.8 Å². The van der Waals surface area contributed by atoms with Crippen LogP contribution in [-0.2, 0) is 16.1 Å². The number of fused-ring (bicyclic) bond motifs is 1.